The Morgan fingerprint density at radius 1 is 1.10 bits per heavy atom. The summed E-state index contributed by atoms with van der Waals surface area (Å²) in [4.78, 5) is 24.4. The first-order valence-electron chi connectivity index (χ1n) is 8.26. The van der Waals surface area contributed by atoms with Crippen LogP contribution in [0, 0.1) is 29.6 Å². The van der Waals surface area contributed by atoms with Gasteiger partial charge >= 0.3 is 0 Å². The number of ketones is 2. The van der Waals surface area contributed by atoms with Crippen LogP contribution in [-0.4, -0.2) is 11.6 Å². The molecule has 0 aromatic rings. The van der Waals surface area contributed by atoms with Crippen LogP contribution >= 0.6 is 0 Å². The summed E-state index contributed by atoms with van der Waals surface area (Å²) in [6.07, 6.45) is 9.57. The summed E-state index contributed by atoms with van der Waals surface area (Å²) in [5.41, 5.74) is 0. The van der Waals surface area contributed by atoms with Crippen LogP contribution in [0.1, 0.15) is 59.3 Å². The molecule has 112 valence electrons. The molecule has 0 amide bonds. The standard InChI is InChI=1S/C18H28O2/c1-4-5-6-7-14(18(20)16-11-13(16)3)8-9-17(19)15-10-12(15)2/h5-6,12-16H,4,7-11H2,1-3H3/b6-5+. The van der Waals surface area contributed by atoms with E-state index < -0.39 is 0 Å². The molecule has 5 unspecified atom stereocenters. The average Bonchev–Trinajstić information content (AvgIpc) is 3.31. The third kappa shape index (κ3) is 4.04. The molecule has 2 rings (SSSR count). The van der Waals surface area contributed by atoms with Gasteiger partial charge < -0.3 is 0 Å². The van der Waals surface area contributed by atoms with Gasteiger partial charge in [-0.3, -0.25) is 9.59 Å². The molecule has 0 radical (unpaired) electrons. The molecule has 0 bridgehead atoms. The first-order valence-corrected chi connectivity index (χ1v) is 8.26. The van der Waals surface area contributed by atoms with E-state index in [0.717, 1.165) is 32.1 Å². The summed E-state index contributed by atoms with van der Waals surface area (Å²) >= 11 is 0. The van der Waals surface area contributed by atoms with Crippen molar-refractivity contribution in [2.24, 2.45) is 29.6 Å². The Labute approximate surface area is 123 Å². The summed E-state index contributed by atoms with van der Waals surface area (Å²) in [6, 6.07) is 0. The quantitative estimate of drug-likeness (QED) is 0.592. The van der Waals surface area contributed by atoms with E-state index in [-0.39, 0.29) is 11.8 Å². The number of carbonyl (C=O) groups excluding carboxylic acids is 2. The zero-order valence-corrected chi connectivity index (χ0v) is 13.1. The minimum atomic E-state index is 0.0748. The van der Waals surface area contributed by atoms with Crippen molar-refractivity contribution in [3.05, 3.63) is 12.2 Å². The molecule has 0 aromatic carbocycles. The monoisotopic (exact) mass is 276 g/mol. The van der Waals surface area contributed by atoms with E-state index in [4.69, 9.17) is 0 Å². The lowest BCUT2D eigenvalue weighted by Crippen LogP contribution is -2.18. The van der Waals surface area contributed by atoms with E-state index in [2.05, 4.69) is 32.9 Å². The third-order valence-electron chi connectivity index (χ3n) is 4.96. The Bertz CT molecular complexity index is 396. The molecule has 0 aliphatic heterocycles. The van der Waals surface area contributed by atoms with Crippen molar-refractivity contribution in [3.8, 4) is 0 Å². The molecule has 2 heteroatoms. The van der Waals surface area contributed by atoms with Crippen LogP contribution in [0.3, 0.4) is 0 Å². The largest absolute Gasteiger partial charge is 0.299 e. The van der Waals surface area contributed by atoms with Crippen LogP contribution in [0.5, 0.6) is 0 Å². The average molecular weight is 276 g/mol. The van der Waals surface area contributed by atoms with Crippen LogP contribution in [0.15, 0.2) is 12.2 Å². The second-order valence-corrected chi connectivity index (χ2v) is 6.86. The van der Waals surface area contributed by atoms with Gasteiger partial charge in [0.2, 0.25) is 0 Å². The normalized spacial score (nSPS) is 33.1. The van der Waals surface area contributed by atoms with Crippen LogP contribution in [0.25, 0.3) is 0 Å². The molecule has 0 spiro atoms. The fourth-order valence-corrected chi connectivity index (χ4v) is 3.10. The maximum Gasteiger partial charge on any atom is 0.139 e. The highest BCUT2D eigenvalue weighted by Crippen LogP contribution is 2.42. The van der Waals surface area contributed by atoms with Gasteiger partial charge in [0, 0.05) is 24.2 Å². The van der Waals surface area contributed by atoms with Gasteiger partial charge in [0.05, 0.1) is 0 Å². The number of rotatable bonds is 9. The molecule has 0 N–H and O–H groups in total. The Hall–Kier alpha value is -0.920. The van der Waals surface area contributed by atoms with Crippen molar-refractivity contribution in [2.45, 2.75) is 59.3 Å². The van der Waals surface area contributed by atoms with Crippen molar-refractivity contribution in [1.82, 2.24) is 0 Å². The van der Waals surface area contributed by atoms with Gasteiger partial charge in [0.25, 0.3) is 0 Å². The van der Waals surface area contributed by atoms with Gasteiger partial charge in [-0.1, -0.05) is 32.9 Å². The number of hydrogen-bond acceptors (Lipinski definition) is 2. The van der Waals surface area contributed by atoms with E-state index >= 15 is 0 Å². The molecule has 2 aliphatic rings. The van der Waals surface area contributed by atoms with Gasteiger partial charge in [0.15, 0.2) is 0 Å². The fraction of sp³-hybridized carbons (Fsp3) is 0.778. The lowest BCUT2D eigenvalue weighted by atomic mass is 9.89. The van der Waals surface area contributed by atoms with Crippen LogP contribution in [0.4, 0.5) is 0 Å². The third-order valence-corrected chi connectivity index (χ3v) is 4.96. The molecule has 2 nitrogen and oxygen atoms in total. The van der Waals surface area contributed by atoms with E-state index in [1.54, 1.807) is 0 Å². The lowest BCUT2D eigenvalue weighted by molar-refractivity contribution is -0.125. The number of carbonyl (C=O) groups is 2. The van der Waals surface area contributed by atoms with Crippen LogP contribution in [-0.2, 0) is 9.59 Å². The molecule has 2 aliphatic carbocycles. The molecule has 0 saturated heterocycles. The number of Topliss-reactive ketones (excluding diaryl/α,β-unsaturated/α-hetero) is 2. The highest BCUT2D eigenvalue weighted by atomic mass is 16.1. The predicted octanol–water partition coefficient (Wildman–Crippen LogP) is 4.19. The minimum Gasteiger partial charge on any atom is -0.299 e. The Balaban J connectivity index is 1.83. The maximum absolute atomic E-state index is 12.4. The van der Waals surface area contributed by atoms with Crippen LogP contribution in [0.2, 0.25) is 0 Å². The Kier molecular flexibility index (Phi) is 5.17. The molecular formula is C18H28O2. The summed E-state index contributed by atoms with van der Waals surface area (Å²) < 4.78 is 0. The first-order chi connectivity index (χ1) is 9.54. The van der Waals surface area contributed by atoms with Gasteiger partial charge in [-0.15, -0.1) is 0 Å². The molecule has 2 fully saturated rings. The summed E-state index contributed by atoms with van der Waals surface area (Å²) in [5, 5.41) is 0. The first kappa shape index (κ1) is 15.5. The smallest absolute Gasteiger partial charge is 0.139 e. The molecule has 20 heavy (non-hydrogen) atoms. The van der Waals surface area contributed by atoms with E-state index in [9.17, 15) is 9.59 Å². The van der Waals surface area contributed by atoms with E-state index in [1.165, 1.54) is 0 Å². The Morgan fingerprint density at radius 3 is 2.20 bits per heavy atom. The second kappa shape index (κ2) is 6.69. The zero-order chi connectivity index (χ0) is 14.7. The molecule has 5 atom stereocenters. The lowest BCUT2D eigenvalue weighted by Gasteiger charge is -2.13. The highest BCUT2D eigenvalue weighted by Gasteiger charge is 2.42. The molecule has 0 aromatic heterocycles. The number of allylic oxidation sites excluding steroid dienone is 2. The number of hydrogen-bond donors (Lipinski definition) is 0. The van der Waals surface area contributed by atoms with Crippen molar-refractivity contribution in [1.29, 1.82) is 0 Å². The van der Waals surface area contributed by atoms with Crippen LogP contribution < -0.4 is 0 Å². The second-order valence-electron chi connectivity index (χ2n) is 6.86. The van der Waals surface area contributed by atoms with Gasteiger partial charge in [0.1, 0.15) is 11.6 Å². The van der Waals surface area contributed by atoms with Crippen molar-refractivity contribution >= 4 is 11.6 Å². The molecule has 0 heterocycles. The predicted molar refractivity (Wildman–Crippen MR) is 81.3 cm³/mol. The molecule has 2 saturated carbocycles. The van der Waals surface area contributed by atoms with Gasteiger partial charge in [-0.05, 0) is 43.9 Å². The minimum absolute atomic E-state index is 0.0748. The fourth-order valence-electron chi connectivity index (χ4n) is 3.10. The SMILES string of the molecule is CC/C=C/CC(CCC(=O)C1CC1C)C(=O)C1CC1C. The Morgan fingerprint density at radius 2 is 1.70 bits per heavy atom. The van der Waals surface area contributed by atoms with Crippen molar-refractivity contribution in [2.75, 3.05) is 0 Å². The van der Waals surface area contributed by atoms with E-state index in [1.807, 2.05) is 0 Å². The summed E-state index contributed by atoms with van der Waals surface area (Å²) in [5.74, 6) is 2.61. The van der Waals surface area contributed by atoms with Gasteiger partial charge in [-0.25, -0.2) is 0 Å². The maximum atomic E-state index is 12.4. The zero-order valence-electron chi connectivity index (χ0n) is 13.1. The topological polar surface area (TPSA) is 34.1 Å². The van der Waals surface area contributed by atoms with Crippen molar-refractivity contribution < 1.29 is 9.59 Å². The summed E-state index contributed by atoms with van der Waals surface area (Å²) in [6.45, 7) is 6.40. The van der Waals surface area contributed by atoms with Gasteiger partial charge in [-0.2, -0.15) is 0 Å². The van der Waals surface area contributed by atoms with E-state index in [0.29, 0.717) is 35.7 Å². The van der Waals surface area contributed by atoms with Crippen molar-refractivity contribution in [3.63, 3.8) is 0 Å². The molecular weight excluding hydrogens is 248 g/mol. The highest BCUT2D eigenvalue weighted by molar-refractivity contribution is 5.88. The summed E-state index contributed by atoms with van der Waals surface area (Å²) in [7, 11) is 0.